The molecule has 1 saturated heterocycles. The third kappa shape index (κ3) is 4.24. The summed E-state index contributed by atoms with van der Waals surface area (Å²) in [6.45, 7) is 7.42. The van der Waals surface area contributed by atoms with Gasteiger partial charge in [-0.25, -0.2) is 4.79 Å². The molecule has 0 spiro atoms. The number of rotatable bonds is 5. The standard InChI is InChI=1S/C18H26N2O3/c1-4-19(14(2)3)17(21)16-11-8-12-20(16)18(22)23-13-15-9-6-5-7-10-15/h5-7,9-10,14,16H,4,8,11-13H2,1-3H3/t16-/m0/s1. The van der Waals surface area contributed by atoms with Gasteiger partial charge in [-0.05, 0) is 39.2 Å². The van der Waals surface area contributed by atoms with Crippen molar-refractivity contribution >= 4 is 12.0 Å². The zero-order chi connectivity index (χ0) is 16.8. The predicted octanol–water partition coefficient (Wildman–Crippen LogP) is 3.04. The number of carbonyl (C=O) groups is 2. The summed E-state index contributed by atoms with van der Waals surface area (Å²) in [5.41, 5.74) is 0.945. The summed E-state index contributed by atoms with van der Waals surface area (Å²) in [5, 5.41) is 0. The van der Waals surface area contributed by atoms with Crippen molar-refractivity contribution in [2.75, 3.05) is 13.1 Å². The van der Waals surface area contributed by atoms with Gasteiger partial charge in [0.15, 0.2) is 0 Å². The molecule has 0 bridgehead atoms. The maximum atomic E-state index is 12.7. The van der Waals surface area contributed by atoms with Crippen LogP contribution >= 0.6 is 0 Å². The van der Waals surface area contributed by atoms with Crippen molar-refractivity contribution < 1.29 is 14.3 Å². The number of amides is 2. The highest BCUT2D eigenvalue weighted by atomic mass is 16.6. The summed E-state index contributed by atoms with van der Waals surface area (Å²) < 4.78 is 5.38. The van der Waals surface area contributed by atoms with Gasteiger partial charge in [-0.3, -0.25) is 9.69 Å². The van der Waals surface area contributed by atoms with Crippen LogP contribution in [0.25, 0.3) is 0 Å². The van der Waals surface area contributed by atoms with Gasteiger partial charge in [0, 0.05) is 19.1 Å². The molecule has 23 heavy (non-hydrogen) atoms. The minimum absolute atomic E-state index is 0.0247. The number of carbonyl (C=O) groups excluding carboxylic acids is 2. The van der Waals surface area contributed by atoms with E-state index in [0.29, 0.717) is 19.5 Å². The molecule has 1 aromatic rings. The fourth-order valence-corrected chi connectivity index (χ4v) is 3.01. The van der Waals surface area contributed by atoms with Gasteiger partial charge in [0.2, 0.25) is 5.91 Å². The van der Waals surface area contributed by atoms with Gasteiger partial charge in [-0.15, -0.1) is 0 Å². The predicted molar refractivity (Wildman–Crippen MR) is 88.9 cm³/mol. The van der Waals surface area contributed by atoms with Gasteiger partial charge in [-0.1, -0.05) is 30.3 Å². The third-order valence-electron chi connectivity index (χ3n) is 4.22. The third-order valence-corrected chi connectivity index (χ3v) is 4.22. The van der Waals surface area contributed by atoms with Gasteiger partial charge in [0.05, 0.1) is 0 Å². The van der Waals surface area contributed by atoms with Crippen molar-refractivity contribution in [1.29, 1.82) is 0 Å². The molecule has 5 heteroatoms. The molecule has 126 valence electrons. The summed E-state index contributed by atoms with van der Waals surface area (Å²) in [5.74, 6) is 0.0247. The molecule has 0 saturated carbocycles. The van der Waals surface area contributed by atoms with Crippen molar-refractivity contribution in [3.8, 4) is 0 Å². The van der Waals surface area contributed by atoms with Gasteiger partial charge in [0.1, 0.15) is 12.6 Å². The molecule has 1 atom stereocenters. The highest BCUT2D eigenvalue weighted by molar-refractivity contribution is 5.86. The van der Waals surface area contributed by atoms with Crippen LogP contribution in [-0.2, 0) is 16.1 Å². The van der Waals surface area contributed by atoms with Crippen LogP contribution in [0.5, 0.6) is 0 Å². The zero-order valence-electron chi connectivity index (χ0n) is 14.2. The second kappa shape index (κ2) is 7.99. The van der Waals surface area contributed by atoms with Crippen LogP contribution in [0.3, 0.4) is 0 Å². The Hall–Kier alpha value is -2.04. The lowest BCUT2D eigenvalue weighted by atomic mass is 10.1. The summed E-state index contributed by atoms with van der Waals surface area (Å²) in [6, 6.07) is 9.32. The molecule has 0 aliphatic carbocycles. The van der Waals surface area contributed by atoms with E-state index in [-0.39, 0.29) is 24.6 Å². The van der Waals surface area contributed by atoms with E-state index in [1.165, 1.54) is 0 Å². The Bertz CT molecular complexity index is 530. The fourth-order valence-electron chi connectivity index (χ4n) is 3.01. The molecule has 2 rings (SSSR count). The highest BCUT2D eigenvalue weighted by Crippen LogP contribution is 2.21. The van der Waals surface area contributed by atoms with E-state index >= 15 is 0 Å². The lowest BCUT2D eigenvalue weighted by Crippen LogP contribution is -2.49. The Labute approximate surface area is 138 Å². The van der Waals surface area contributed by atoms with E-state index in [2.05, 4.69) is 0 Å². The molecule has 0 unspecified atom stereocenters. The molecular formula is C18H26N2O3. The number of benzene rings is 1. The van der Waals surface area contributed by atoms with Crippen molar-refractivity contribution in [2.24, 2.45) is 0 Å². The number of nitrogens with zero attached hydrogens (tertiary/aromatic N) is 2. The number of hydrogen-bond donors (Lipinski definition) is 0. The maximum Gasteiger partial charge on any atom is 0.410 e. The topological polar surface area (TPSA) is 49.9 Å². The highest BCUT2D eigenvalue weighted by Gasteiger charge is 2.37. The second-order valence-electron chi connectivity index (χ2n) is 6.11. The fraction of sp³-hybridized carbons (Fsp3) is 0.556. The molecule has 1 aliphatic rings. The van der Waals surface area contributed by atoms with Crippen molar-refractivity contribution in [3.05, 3.63) is 35.9 Å². The molecule has 1 fully saturated rings. The first-order valence-electron chi connectivity index (χ1n) is 8.32. The van der Waals surface area contributed by atoms with Crippen LogP contribution in [0.1, 0.15) is 39.2 Å². The number of likely N-dealkylation sites (tertiary alicyclic amines) is 1. The molecule has 0 N–H and O–H groups in total. The Morgan fingerprint density at radius 2 is 2.00 bits per heavy atom. The monoisotopic (exact) mass is 318 g/mol. The molecule has 0 radical (unpaired) electrons. The summed E-state index contributed by atoms with van der Waals surface area (Å²) in [7, 11) is 0. The van der Waals surface area contributed by atoms with E-state index < -0.39 is 6.09 Å². The van der Waals surface area contributed by atoms with Gasteiger partial charge >= 0.3 is 6.09 Å². The Morgan fingerprint density at radius 1 is 1.30 bits per heavy atom. The summed E-state index contributed by atoms with van der Waals surface area (Å²) in [6.07, 6.45) is 1.15. The molecule has 5 nitrogen and oxygen atoms in total. The van der Waals surface area contributed by atoms with Gasteiger partial charge < -0.3 is 9.64 Å². The molecule has 0 aromatic heterocycles. The molecule has 1 aromatic carbocycles. The van der Waals surface area contributed by atoms with E-state index in [4.69, 9.17) is 4.74 Å². The average Bonchev–Trinajstić information content (AvgIpc) is 3.03. The lowest BCUT2D eigenvalue weighted by molar-refractivity contribution is -0.137. The van der Waals surface area contributed by atoms with Crippen molar-refractivity contribution in [2.45, 2.75) is 52.3 Å². The van der Waals surface area contributed by atoms with E-state index in [9.17, 15) is 9.59 Å². The number of likely N-dealkylation sites (N-methyl/N-ethyl adjacent to an activating group) is 1. The van der Waals surface area contributed by atoms with Crippen LogP contribution in [0.15, 0.2) is 30.3 Å². The normalized spacial score (nSPS) is 17.4. The minimum Gasteiger partial charge on any atom is -0.445 e. The van der Waals surface area contributed by atoms with Crippen LogP contribution in [0.4, 0.5) is 4.79 Å². The molecule has 2 amide bonds. The van der Waals surface area contributed by atoms with Crippen molar-refractivity contribution in [3.63, 3.8) is 0 Å². The zero-order valence-corrected chi connectivity index (χ0v) is 14.2. The molecule has 1 heterocycles. The van der Waals surface area contributed by atoms with E-state index in [1.807, 2.05) is 56.0 Å². The van der Waals surface area contributed by atoms with Crippen LogP contribution in [-0.4, -0.2) is 47.0 Å². The van der Waals surface area contributed by atoms with Gasteiger partial charge in [0.25, 0.3) is 0 Å². The maximum absolute atomic E-state index is 12.7. The average molecular weight is 318 g/mol. The van der Waals surface area contributed by atoms with Crippen molar-refractivity contribution in [1.82, 2.24) is 9.80 Å². The molecule has 1 aliphatic heterocycles. The first-order valence-corrected chi connectivity index (χ1v) is 8.32. The summed E-state index contributed by atoms with van der Waals surface area (Å²) >= 11 is 0. The lowest BCUT2D eigenvalue weighted by Gasteiger charge is -2.31. The van der Waals surface area contributed by atoms with Crippen LogP contribution < -0.4 is 0 Å². The Kier molecular flexibility index (Phi) is 6.02. The molecular weight excluding hydrogens is 292 g/mol. The first-order chi connectivity index (χ1) is 11.0. The van der Waals surface area contributed by atoms with Gasteiger partial charge in [-0.2, -0.15) is 0 Å². The Morgan fingerprint density at radius 3 is 2.61 bits per heavy atom. The SMILES string of the molecule is CCN(C(=O)[C@@H]1CCCN1C(=O)OCc1ccccc1)C(C)C. The van der Waals surface area contributed by atoms with E-state index in [0.717, 1.165) is 12.0 Å². The number of hydrogen-bond acceptors (Lipinski definition) is 3. The summed E-state index contributed by atoms with van der Waals surface area (Å²) in [4.78, 5) is 28.4. The largest absolute Gasteiger partial charge is 0.445 e. The van der Waals surface area contributed by atoms with Crippen LogP contribution in [0, 0.1) is 0 Å². The first kappa shape index (κ1) is 17.3. The van der Waals surface area contributed by atoms with E-state index in [1.54, 1.807) is 4.90 Å². The van der Waals surface area contributed by atoms with Crippen LogP contribution in [0.2, 0.25) is 0 Å². The minimum atomic E-state index is -0.399. The quantitative estimate of drug-likeness (QED) is 0.838. The smallest absolute Gasteiger partial charge is 0.410 e. The number of ether oxygens (including phenoxy) is 1. The second-order valence-corrected chi connectivity index (χ2v) is 6.11. The Balaban J connectivity index is 1.97.